The maximum absolute atomic E-state index is 9.70. The molecule has 0 aliphatic carbocycles. The van der Waals surface area contributed by atoms with Gasteiger partial charge in [0, 0.05) is 49.4 Å². The van der Waals surface area contributed by atoms with Crippen LogP contribution in [-0.2, 0) is 0 Å². The standard InChI is InChI=1S/C47H27N3O2/c48-28-29-11-8-14-31(23-29)41-27-42(50-47(49-41)30-12-2-1-3-13-30)34-25-32(35-17-9-19-39-37-15-4-6-21-43(37)51-45(35)39)24-33(26-34)36-18-10-20-40-38-16-5-7-22-44(38)52-46(36)40/h1-27H. The van der Waals surface area contributed by atoms with Gasteiger partial charge in [-0.3, -0.25) is 0 Å². The Morgan fingerprint density at radius 3 is 1.52 bits per heavy atom. The molecule has 0 fully saturated rings. The van der Waals surface area contributed by atoms with E-state index in [-0.39, 0.29) is 0 Å². The van der Waals surface area contributed by atoms with Crippen LogP contribution in [0, 0.1) is 11.3 Å². The number of hydrogen-bond donors (Lipinski definition) is 0. The van der Waals surface area contributed by atoms with E-state index in [1.165, 1.54) is 0 Å². The van der Waals surface area contributed by atoms with E-state index >= 15 is 0 Å². The zero-order valence-corrected chi connectivity index (χ0v) is 27.7. The molecule has 10 aromatic rings. The Hall–Kier alpha value is -7.29. The van der Waals surface area contributed by atoms with Crippen molar-refractivity contribution >= 4 is 43.9 Å². The molecule has 0 atom stereocenters. The van der Waals surface area contributed by atoms with E-state index in [0.717, 1.165) is 94.2 Å². The van der Waals surface area contributed by atoms with Crippen molar-refractivity contribution < 1.29 is 8.83 Å². The molecule has 0 radical (unpaired) electrons. The molecule has 0 saturated heterocycles. The molecule has 52 heavy (non-hydrogen) atoms. The fourth-order valence-corrected chi connectivity index (χ4v) is 7.24. The third-order valence-corrected chi connectivity index (χ3v) is 9.70. The topological polar surface area (TPSA) is 75.8 Å². The van der Waals surface area contributed by atoms with E-state index in [1.807, 2.05) is 91.0 Å². The zero-order chi connectivity index (χ0) is 34.6. The molecule has 0 aliphatic rings. The number of nitrogens with zero attached hydrogens (tertiary/aromatic N) is 3. The van der Waals surface area contributed by atoms with Crippen molar-refractivity contribution in [1.29, 1.82) is 5.26 Å². The van der Waals surface area contributed by atoms with Crippen LogP contribution in [0.15, 0.2) is 173 Å². The highest BCUT2D eigenvalue weighted by atomic mass is 16.3. The minimum absolute atomic E-state index is 0.570. The quantitative estimate of drug-likeness (QED) is 0.183. The summed E-state index contributed by atoms with van der Waals surface area (Å²) in [5, 5.41) is 14.0. The van der Waals surface area contributed by atoms with Crippen LogP contribution in [0.5, 0.6) is 0 Å². The fourth-order valence-electron chi connectivity index (χ4n) is 7.24. The number of hydrogen-bond acceptors (Lipinski definition) is 5. The summed E-state index contributed by atoms with van der Waals surface area (Å²) < 4.78 is 13.1. The summed E-state index contributed by atoms with van der Waals surface area (Å²) in [6.45, 7) is 0. The molecule has 5 heteroatoms. The molecule has 3 aromatic heterocycles. The predicted molar refractivity (Wildman–Crippen MR) is 208 cm³/mol. The van der Waals surface area contributed by atoms with E-state index in [9.17, 15) is 5.26 Å². The second-order valence-electron chi connectivity index (χ2n) is 12.9. The van der Waals surface area contributed by atoms with Crippen LogP contribution < -0.4 is 0 Å². The highest BCUT2D eigenvalue weighted by molar-refractivity contribution is 6.11. The first-order valence-electron chi connectivity index (χ1n) is 17.1. The first-order valence-corrected chi connectivity index (χ1v) is 17.1. The molecule has 0 amide bonds. The molecule has 7 aromatic carbocycles. The van der Waals surface area contributed by atoms with Crippen LogP contribution >= 0.6 is 0 Å². The summed E-state index contributed by atoms with van der Waals surface area (Å²) in [6.07, 6.45) is 0. The average molecular weight is 666 g/mol. The number of nitriles is 1. The minimum Gasteiger partial charge on any atom is -0.455 e. The van der Waals surface area contributed by atoms with Gasteiger partial charge < -0.3 is 8.83 Å². The maximum Gasteiger partial charge on any atom is 0.160 e. The Labute approximate surface area is 298 Å². The lowest BCUT2D eigenvalue weighted by Gasteiger charge is -2.14. The van der Waals surface area contributed by atoms with Crippen molar-refractivity contribution in [2.24, 2.45) is 0 Å². The summed E-state index contributed by atoms with van der Waals surface area (Å²) in [6, 6.07) is 57.3. The lowest BCUT2D eigenvalue weighted by Crippen LogP contribution is -1.97. The van der Waals surface area contributed by atoms with E-state index in [4.69, 9.17) is 18.8 Å². The van der Waals surface area contributed by atoms with Gasteiger partial charge in [0.25, 0.3) is 0 Å². The van der Waals surface area contributed by atoms with Gasteiger partial charge in [-0.1, -0.05) is 115 Å². The third kappa shape index (κ3) is 4.93. The second-order valence-corrected chi connectivity index (χ2v) is 12.9. The SMILES string of the molecule is N#Cc1cccc(-c2cc(-c3cc(-c4cccc5c4oc4ccccc45)cc(-c4cccc5c4oc4ccccc45)c3)nc(-c3ccccc3)n2)c1. The van der Waals surface area contributed by atoms with Crippen molar-refractivity contribution in [2.45, 2.75) is 0 Å². The molecule has 3 heterocycles. The Bertz CT molecular complexity index is 2910. The van der Waals surface area contributed by atoms with Crippen molar-refractivity contribution in [2.75, 3.05) is 0 Å². The number of aromatic nitrogens is 2. The molecule has 242 valence electrons. The second kappa shape index (κ2) is 11.9. The van der Waals surface area contributed by atoms with Crippen LogP contribution in [0.4, 0.5) is 0 Å². The van der Waals surface area contributed by atoms with Crippen molar-refractivity contribution in [3.8, 4) is 62.2 Å². The molecule has 10 rings (SSSR count). The van der Waals surface area contributed by atoms with Gasteiger partial charge in [-0.25, -0.2) is 9.97 Å². The molecule has 0 aliphatic heterocycles. The highest BCUT2D eigenvalue weighted by Crippen LogP contribution is 2.42. The van der Waals surface area contributed by atoms with Gasteiger partial charge in [-0.2, -0.15) is 5.26 Å². The van der Waals surface area contributed by atoms with Gasteiger partial charge in [0.15, 0.2) is 5.82 Å². The Balaban J connectivity index is 1.26. The molecule has 0 saturated carbocycles. The summed E-state index contributed by atoms with van der Waals surface area (Å²) in [7, 11) is 0. The Morgan fingerprint density at radius 1 is 0.404 bits per heavy atom. The van der Waals surface area contributed by atoms with Crippen LogP contribution in [0.1, 0.15) is 5.56 Å². The third-order valence-electron chi connectivity index (χ3n) is 9.70. The Kier molecular flexibility index (Phi) is 6.80. The number of furan rings is 2. The van der Waals surface area contributed by atoms with Crippen molar-refractivity contribution in [3.05, 3.63) is 169 Å². The molecule has 5 nitrogen and oxygen atoms in total. The summed E-state index contributed by atoms with van der Waals surface area (Å²) >= 11 is 0. The van der Waals surface area contributed by atoms with Gasteiger partial charge in [-0.05, 0) is 59.7 Å². The van der Waals surface area contributed by atoms with Crippen LogP contribution in [-0.4, -0.2) is 9.97 Å². The molecule has 0 N–H and O–H groups in total. The van der Waals surface area contributed by atoms with Crippen LogP contribution in [0.3, 0.4) is 0 Å². The zero-order valence-electron chi connectivity index (χ0n) is 27.7. The van der Waals surface area contributed by atoms with Crippen LogP contribution in [0.2, 0.25) is 0 Å². The van der Waals surface area contributed by atoms with Gasteiger partial charge in [0.05, 0.1) is 23.0 Å². The summed E-state index contributed by atoms with van der Waals surface area (Å²) in [4.78, 5) is 10.2. The highest BCUT2D eigenvalue weighted by Gasteiger charge is 2.19. The van der Waals surface area contributed by atoms with E-state index in [2.05, 4.69) is 72.8 Å². The summed E-state index contributed by atoms with van der Waals surface area (Å²) in [5.74, 6) is 0.598. The lowest BCUT2D eigenvalue weighted by atomic mass is 9.93. The van der Waals surface area contributed by atoms with E-state index < -0.39 is 0 Å². The molecular weight excluding hydrogens is 639 g/mol. The van der Waals surface area contributed by atoms with Gasteiger partial charge in [0.2, 0.25) is 0 Å². The van der Waals surface area contributed by atoms with Gasteiger partial charge in [-0.15, -0.1) is 0 Å². The Morgan fingerprint density at radius 2 is 0.904 bits per heavy atom. The number of fused-ring (bicyclic) bond motifs is 6. The van der Waals surface area contributed by atoms with Gasteiger partial charge >= 0.3 is 0 Å². The normalized spacial score (nSPS) is 11.4. The lowest BCUT2D eigenvalue weighted by molar-refractivity contribution is 0.670. The number of para-hydroxylation sites is 4. The maximum atomic E-state index is 9.70. The minimum atomic E-state index is 0.570. The first-order chi connectivity index (χ1) is 25.7. The van der Waals surface area contributed by atoms with Crippen LogP contribution in [0.25, 0.3) is 100 Å². The molecule has 0 bridgehead atoms. The van der Waals surface area contributed by atoms with E-state index in [0.29, 0.717) is 11.4 Å². The summed E-state index contributed by atoms with van der Waals surface area (Å²) in [5.41, 5.74) is 12.0. The van der Waals surface area contributed by atoms with Crippen molar-refractivity contribution in [3.63, 3.8) is 0 Å². The fraction of sp³-hybridized carbons (Fsp3) is 0. The number of benzene rings is 7. The average Bonchev–Trinajstić information content (AvgIpc) is 3.80. The van der Waals surface area contributed by atoms with Gasteiger partial charge in [0.1, 0.15) is 22.3 Å². The van der Waals surface area contributed by atoms with E-state index in [1.54, 1.807) is 6.07 Å². The van der Waals surface area contributed by atoms with Crippen molar-refractivity contribution in [1.82, 2.24) is 9.97 Å². The smallest absolute Gasteiger partial charge is 0.160 e. The molecule has 0 unspecified atom stereocenters. The molecular formula is C47H27N3O2. The first kappa shape index (κ1) is 29.6. The molecule has 0 spiro atoms. The number of rotatable bonds is 5. The largest absolute Gasteiger partial charge is 0.455 e. The monoisotopic (exact) mass is 665 g/mol. The predicted octanol–water partition coefficient (Wildman–Crippen LogP) is 12.5.